The molecule has 1 aliphatic rings. The molecule has 4 heteroatoms. The van der Waals surface area contributed by atoms with Crippen LogP contribution in [0, 0.1) is 12.3 Å². The maximum Gasteiger partial charge on any atom is 0.139 e. The van der Waals surface area contributed by atoms with Gasteiger partial charge in [-0.15, -0.1) is 0 Å². The molecule has 0 spiro atoms. The van der Waals surface area contributed by atoms with Crippen molar-refractivity contribution in [1.29, 1.82) is 0 Å². The Morgan fingerprint density at radius 1 is 1.45 bits per heavy atom. The molecular formula is C16H24N2O2. The third-order valence-corrected chi connectivity index (χ3v) is 4.05. The molecule has 0 unspecified atom stereocenters. The van der Waals surface area contributed by atoms with E-state index < -0.39 is 0 Å². The van der Waals surface area contributed by atoms with E-state index in [0.29, 0.717) is 24.8 Å². The van der Waals surface area contributed by atoms with Crippen molar-refractivity contribution in [1.82, 2.24) is 0 Å². The molecular weight excluding hydrogens is 252 g/mol. The highest BCUT2D eigenvalue weighted by atomic mass is 16.5. The van der Waals surface area contributed by atoms with E-state index in [1.54, 1.807) is 0 Å². The number of rotatable bonds is 6. The van der Waals surface area contributed by atoms with E-state index in [1.165, 1.54) is 5.56 Å². The molecule has 1 aromatic carbocycles. The largest absolute Gasteiger partial charge is 0.493 e. The minimum Gasteiger partial charge on any atom is -0.493 e. The molecule has 0 bridgehead atoms. The number of ether oxygens (including phenoxy) is 1. The van der Waals surface area contributed by atoms with Crippen LogP contribution in [0.25, 0.3) is 0 Å². The van der Waals surface area contributed by atoms with Crippen LogP contribution in [0.4, 0.5) is 0 Å². The molecule has 0 aromatic heterocycles. The van der Waals surface area contributed by atoms with E-state index in [9.17, 15) is 0 Å². The smallest absolute Gasteiger partial charge is 0.139 e. The summed E-state index contributed by atoms with van der Waals surface area (Å²) in [6.45, 7) is 7.04. The van der Waals surface area contributed by atoms with E-state index in [1.807, 2.05) is 0 Å². The summed E-state index contributed by atoms with van der Waals surface area (Å²) in [7, 11) is 0. The van der Waals surface area contributed by atoms with Gasteiger partial charge in [0.05, 0.1) is 6.61 Å². The molecule has 110 valence electrons. The van der Waals surface area contributed by atoms with Gasteiger partial charge in [-0.25, -0.2) is 0 Å². The lowest BCUT2D eigenvalue weighted by molar-refractivity contribution is 0.234. The molecule has 0 radical (unpaired) electrons. The van der Waals surface area contributed by atoms with Crippen LogP contribution in [-0.4, -0.2) is 17.6 Å². The Morgan fingerprint density at radius 3 is 2.70 bits per heavy atom. The van der Waals surface area contributed by atoms with Crippen molar-refractivity contribution in [3.8, 4) is 5.75 Å². The van der Waals surface area contributed by atoms with Gasteiger partial charge in [0.15, 0.2) is 0 Å². The molecule has 1 saturated carbocycles. The molecule has 0 heterocycles. The Morgan fingerprint density at radius 2 is 2.15 bits per heavy atom. The van der Waals surface area contributed by atoms with Gasteiger partial charge in [-0.05, 0) is 42.9 Å². The van der Waals surface area contributed by atoms with Gasteiger partial charge in [-0.2, -0.15) is 0 Å². The van der Waals surface area contributed by atoms with E-state index in [-0.39, 0.29) is 5.41 Å². The van der Waals surface area contributed by atoms with Crippen LogP contribution < -0.4 is 10.5 Å². The van der Waals surface area contributed by atoms with Crippen LogP contribution in [0.1, 0.15) is 50.2 Å². The summed E-state index contributed by atoms with van der Waals surface area (Å²) in [6.07, 6.45) is 2.75. The number of nitrogens with zero attached hydrogens (tertiary/aromatic N) is 1. The second-order valence-electron chi connectivity index (χ2n) is 6.24. The van der Waals surface area contributed by atoms with E-state index >= 15 is 0 Å². The lowest BCUT2D eigenvalue weighted by atomic mass is 10.0. The quantitative estimate of drug-likeness (QED) is 0.362. The van der Waals surface area contributed by atoms with Gasteiger partial charge in [0.25, 0.3) is 0 Å². The maximum atomic E-state index is 8.67. The van der Waals surface area contributed by atoms with Crippen molar-refractivity contribution in [2.45, 2.75) is 46.0 Å². The normalized spacial score (nSPS) is 17.3. The molecule has 1 fully saturated rings. The van der Waals surface area contributed by atoms with Crippen molar-refractivity contribution in [2.24, 2.45) is 16.3 Å². The Balaban J connectivity index is 2.02. The first-order valence-corrected chi connectivity index (χ1v) is 7.15. The number of aryl methyl sites for hydroxylation is 1. The van der Waals surface area contributed by atoms with Crippen LogP contribution in [-0.2, 0) is 0 Å². The van der Waals surface area contributed by atoms with Gasteiger partial charge in [0.2, 0.25) is 0 Å². The molecule has 1 aliphatic carbocycles. The predicted molar refractivity (Wildman–Crippen MR) is 80.5 cm³/mol. The number of hydrogen-bond acceptors (Lipinski definition) is 3. The first kappa shape index (κ1) is 14.7. The molecule has 0 aliphatic heterocycles. The summed E-state index contributed by atoms with van der Waals surface area (Å²) in [5.41, 5.74) is 8.10. The molecule has 0 atom stereocenters. The zero-order chi connectivity index (χ0) is 14.8. The fourth-order valence-electron chi connectivity index (χ4n) is 2.33. The summed E-state index contributed by atoms with van der Waals surface area (Å²) in [6, 6.07) is 6.38. The SMILES string of the molecule is Cc1ccc(C(C)C)cc1OCC1(CC(N)=NO)CC1. The van der Waals surface area contributed by atoms with Crippen LogP contribution in [0.3, 0.4) is 0 Å². The van der Waals surface area contributed by atoms with Crippen molar-refractivity contribution in [3.63, 3.8) is 0 Å². The average Bonchev–Trinajstić information content (AvgIpc) is 3.17. The molecule has 0 amide bonds. The van der Waals surface area contributed by atoms with E-state index in [0.717, 1.165) is 24.2 Å². The monoisotopic (exact) mass is 276 g/mol. The van der Waals surface area contributed by atoms with Crippen LogP contribution >= 0.6 is 0 Å². The van der Waals surface area contributed by atoms with Crippen LogP contribution in [0.5, 0.6) is 5.75 Å². The summed E-state index contributed by atoms with van der Waals surface area (Å²) in [5, 5.41) is 11.7. The number of amidine groups is 1. The van der Waals surface area contributed by atoms with Gasteiger partial charge in [0.1, 0.15) is 11.6 Å². The predicted octanol–water partition coefficient (Wildman–Crippen LogP) is 3.41. The third kappa shape index (κ3) is 3.44. The number of oxime groups is 1. The van der Waals surface area contributed by atoms with Crippen LogP contribution in [0.15, 0.2) is 23.4 Å². The van der Waals surface area contributed by atoms with Crippen LogP contribution in [0.2, 0.25) is 0 Å². The minimum atomic E-state index is 0.0661. The van der Waals surface area contributed by atoms with Gasteiger partial charge < -0.3 is 15.7 Å². The fourth-order valence-corrected chi connectivity index (χ4v) is 2.33. The average molecular weight is 276 g/mol. The number of nitrogens with two attached hydrogens (primary N) is 1. The van der Waals surface area contributed by atoms with Crippen molar-refractivity contribution in [2.75, 3.05) is 6.61 Å². The third-order valence-electron chi connectivity index (χ3n) is 4.05. The Kier molecular flexibility index (Phi) is 4.21. The van der Waals surface area contributed by atoms with Crippen molar-refractivity contribution in [3.05, 3.63) is 29.3 Å². The molecule has 3 N–H and O–H groups in total. The Bertz CT molecular complexity index is 505. The summed E-state index contributed by atoms with van der Waals surface area (Å²) in [4.78, 5) is 0. The van der Waals surface area contributed by atoms with Gasteiger partial charge in [-0.1, -0.05) is 31.1 Å². The topological polar surface area (TPSA) is 67.8 Å². The highest BCUT2D eigenvalue weighted by Crippen LogP contribution is 2.49. The summed E-state index contributed by atoms with van der Waals surface area (Å²) < 4.78 is 6.01. The lowest BCUT2D eigenvalue weighted by Crippen LogP contribution is -2.22. The minimum absolute atomic E-state index is 0.0661. The van der Waals surface area contributed by atoms with Crippen molar-refractivity contribution < 1.29 is 9.94 Å². The highest BCUT2D eigenvalue weighted by Gasteiger charge is 2.44. The van der Waals surface area contributed by atoms with Crippen molar-refractivity contribution >= 4 is 5.84 Å². The van der Waals surface area contributed by atoms with Gasteiger partial charge in [0, 0.05) is 11.8 Å². The zero-order valence-corrected chi connectivity index (χ0v) is 12.5. The first-order chi connectivity index (χ1) is 9.46. The Labute approximate surface area is 120 Å². The van der Waals surface area contributed by atoms with Gasteiger partial charge in [-0.3, -0.25) is 0 Å². The van der Waals surface area contributed by atoms with E-state index in [2.05, 4.69) is 44.1 Å². The molecule has 1 aromatic rings. The highest BCUT2D eigenvalue weighted by molar-refractivity contribution is 5.80. The fraction of sp³-hybridized carbons (Fsp3) is 0.562. The maximum absolute atomic E-state index is 8.67. The lowest BCUT2D eigenvalue weighted by Gasteiger charge is -2.18. The molecule has 2 rings (SSSR count). The number of benzene rings is 1. The summed E-state index contributed by atoms with van der Waals surface area (Å²) in [5.74, 6) is 1.73. The molecule has 20 heavy (non-hydrogen) atoms. The second kappa shape index (κ2) is 5.73. The number of hydrogen-bond donors (Lipinski definition) is 2. The first-order valence-electron chi connectivity index (χ1n) is 7.15. The molecule has 0 saturated heterocycles. The zero-order valence-electron chi connectivity index (χ0n) is 12.5. The van der Waals surface area contributed by atoms with Gasteiger partial charge >= 0.3 is 0 Å². The molecule has 4 nitrogen and oxygen atoms in total. The Hall–Kier alpha value is -1.71. The second-order valence-corrected chi connectivity index (χ2v) is 6.24. The van der Waals surface area contributed by atoms with E-state index in [4.69, 9.17) is 15.7 Å². The standard InChI is InChI=1S/C16H24N2O2/c1-11(2)13-5-4-12(3)14(8-13)20-10-16(6-7-16)9-15(17)18-19/h4-5,8,11,19H,6-7,9-10H2,1-3H3,(H2,17,18). The summed E-state index contributed by atoms with van der Waals surface area (Å²) >= 11 is 0.